The topological polar surface area (TPSA) is 87.2 Å². The molecule has 0 saturated carbocycles. The van der Waals surface area contributed by atoms with E-state index in [1.807, 2.05) is 24.8 Å². The molecule has 1 fully saturated rings. The number of carbonyl (C=O) groups excluding carboxylic acids is 1. The normalized spacial score (nSPS) is 14.8. The van der Waals surface area contributed by atoms with Crippen LogP contribution in [0.5, 0.6) is 5.88 Å². The summed E-state index contributed by atoms with van der Waals surface area (Å²) in [5, 5.41) is 7.49. The highest BCUT2D eigenvalue weighted by Crippen LogP contribution is 2.28. The number of nitrogens with zero attached hydrogens (tertiary/aromatic N) is 5. The minimum atomic E-state index is -0.00770. The summed E-state index contributed by atoms with van der Waals surface area (Å²) in [6.45, 7) is 6.81. The fourth-order valence-corrected chi connectivity index (χ4v) is 3.25. The fourth-order valence-electron chi connectivity index (χ4n) is 3.25. The lowest BCUT2D eigenvalue weighted by atomic mass is 10.1. The molecule has 140 valence electrons. The molecule has 1 aromatic carbocycles. The van der Waals surface area contributed by atoms with Crippen molar-refractivity contribution >= 4 is 22.5 Å². The molecule has 8 heteroatoms. The molecule has 1 N–H and O–H groups in total. The van der Waals surface area contributed by atoms with Crippen LogP contribution < -0.4 is 9.64 Å². The van der Waals surface area contributed by atoms with Crippen molar-refractivity contribution in [1.82, 2.24) is 25.1 Å². The maximum Gasteiger partial charge on any atom is 0.271 e. The number of anilines is 1. The second-order valence-corrected chi connectivity index (χ2v) is 6.80. The van der Waals surface area contributed by atoms with E-state index in [-0.39, 0.29) is 12.0 Å². The van der Waals surface area contributed by atoms with Crippen molar-refractivity contribution in [3.05, 3.63) is 42.5 Å². The van der Waals surface area contributed by atoms with E-state index in [9.17, 15) is 4.79 Å². The summed E-state index contributed by atoms with van der Waals surface area (Å²) in [4.78, 5) is 25.2. The Balaban J connectivity index is 1.51. The summed E-state index contributed by atoms with van der Waals surface area (Å²) >= 11 is 0. The summed E-state index contributed by atoms with van der Waals surface area (Å²) < 4.78 is 5.83. The molecule has 3 heterocycles. The van der Waals surface area contributed by atoms with Gasteiger partial charge in [0.25, 0.3) is 5.91 Å². The van der Waals surface area contributed by atoms with Gasteiger partial charge < -0.3 is 14.5 Å². The summed E-state index contributed by atoms with van der Waals surface area (Å²) in [6, 6.07) is 7.82. The van der Waals surface area contributed by atoms with E-state index in [2.05, 4.69) is 37.2 Å². The number of rotatable bonds is 4. The minimum Gasteiger partial charge on any atom is -0.474 e. The van der Waals surface area contributed by atoms with E-state index in [1.54, 1.807) is 12.3 Å². The Hall–Kier alpha value is -3.16. The number of amides is 1. The Morgan fingerprint density at radius 2 is 1.96 bits per heavy atom. The molecule has 1 aliphatic heterocycles. The van der Waals surface area contributed by atoms with Gasteiger partial charge in [-0.2, -0.15) is 5.10 Å². The Labute approximate surface area is 157 Å². The third kappa shape index (κ3) is 3.55. The number of hydrogen-bond acceptors (Lipinski definition) is 6. The zero-order valence-electron chi connectivity index (χ0n) is 15.4. The van der Waals surface area contributed by atoms with Crippen molar-refractivity contribution in [2.45, 2.75) is 20.0 Å². The molecule has 2 aromatic heterocycles. The van der Waals surface area contributed by atoms with E-state index in [4.69, 9.17) is 4.74 Å². The zero-order valence-corrected chi connectivity index (χ0v) is 15.4. The van der Waals surface area contributed by atoms with Crippen molar-refractivity contribution in [3.8, 4) is 5.88 Å². The lowest BCUT2D eigenvalue weighted by molar-refractivity contribution is 0.0741. The van der Waals surface area contributed by atoms with Gasteiger partial charge in [0.2, 0.25) is 5.88 Å². The minimum absolute atomic E-state index is 0.00770. The molecule has 27 heavy (non-hydrogen) atoms. The molecule has 0 radical (unpaired) electrons. The second-order valence-electron chi connectivity index (χ2n) is 6.80. The molecule has 0 atom stereocenters. The first-order valence-corrected chi connectivity index (χ1v) is 9.07. The van der Waals surface area contributed by atoms with Gasteiger partial charge in [0.1, 0.15) is 12.0 Å². The molecule has 0 aliphatic carbocycles. The molecule has 1 amide bonds. The smallest absolute Gasteiger partial charge is 0.271 e. The van der Waals surface area contributed by atoms with E-state index >= 15 is 0 Å². The first-order valence-electron chi connectivity index (χ1n) is 9.07. The van der Waals surface area contributed by atoms with Crippen LogP contribution in [0.4, 0.5) is 5.69 Å². The first-order chi connectivity index (χ1) is 13.1. The van der Waals surface area contributed by atoms with Crippen LogP contribution in [0.2, 0.25) is 0 Å². The van der Waals surface area contributed by atoms with Gasteiger partial charge in [0, 0.05) is 38.1 Å². The Morgan fingerprint density at radius 1 is 1.15 bits per heavy atom. The number of nitrogens with one attached hydrogen (secondary N) is 1. The summed E-state index contributed by atoms with van der Waals surface area (Å²) in [5.41, 5.74) is 2.47. The van der Waals surface area contributed by atoms with Crippen molar-refractivity contribution in [1.29, 1.82) is 0 Å². The van der Waals surface area contributed by atoms with Crippen LogP contribution >= 0.6 is 0 Å². The number of aromatic amines is 1. The lowest BCUT2D eigenvalue weighted by Crippen LogP contribution is -2.48. The SMILES string of the molecule is CC(C)Oc1ncnc2ccc(N3CCN(C(=O)c4ccn[nH]4)CC3)cc12. The van der Waals surface area contributed by atoms with Gasteiger partial charge in [0.05, 0.1) is 17.0 Å². The highest BCUT2D eigenvalue weighted by Gasteiger charge is 2.23. The number of ether oxygens (including phenoxy) is 1. The van der Waals surface area contributed by atoms with Crippen LogP contribution in [-0.2, 0) is 0 Å². The third-order valence-corrected chi connectivity index (χ3v) is 4.59. The Morgan fingerprint density at radius 3 is 2.67 bits per heavy atom. The van der Waals surface area contributed by atoms with Crippen LogP contribution in [0.25, 0.3) is 10.9 Å². The van der Waals surface area contributed by atoms with Crippen LogP contribution in [0, 0.1) is 0 Å². The quantitative estimate of drug-likeness (QED) is 0.761. The molecule has 8 nitrogen and oxygen atoms in total. The number of aromatic nitrogens is 4. The van der Waals surface area contributed by atoms with Crippen LogP contribution in [0.15, 0.2) is 36.8 Å². The number of piperazine rings is 1. The maximum atomic E-state index is 12.4. The van der Waals surface area contributed by atoms with Crippen LogP contribution in [0.1, 0.15) is 24.3 Å². The van der Waals surface area contributed by atoms with Crippen LogP contribution in [-0.4, -0.2) is 63.3 Å². The number of fused-ring (bicyclic) bond motifs is 1. The fraction of sp³-hybridized carbons (Fsp3) is 0.368. The summed E-state index contributed by atoms with van der Waals surface area (Å²) in [7, 11) is 0. The van der Waals surface area contributed by atoms with Crippen LogP contribution in [0.3, 0.4) is 0 Å². The first kappa shape index (κ1) is 17.3. The monoisotopic (exact) mass is 366 g/mol. The molecule has 4 rings (SSSR count). The maximum absolute atomic E-state index is 12.4. The molecule has 1 saturated heterocycles. The average molecular weight is 366 g/mol. The van der Waals surface area contributed by atoms with E-state index < -0.39 is 0 Å². The molecular weight excluding hydrogens is 344 g/mol. The number of benzene rings is 1. The molecule has 0 spiro atoms. The van der Waals surface area contributed by atoms with Gasteiger partial charge in [-0.3, -0.25) is 9.89 Å². The number of H-pyrrole nitrogens is 1. The van der Waals surface area contributed by atoms with Crippen molar-refractivity contribution < 1.29 is 9.53 Å². The predicted molar refractivity (Wildman–Crippen MR) is 102 cm³/mol. The van der Waals surface area contributed by atoms with Gasteiger partial charge >= 0.3 is 0 Å². The second kappa shape index (κ2) is 7.22. The van der Waals surface area contributed by atoms with Gasteiger partial charge in [-0.05, 0) is 38.1 Å². The van der Waals surface area contributed by atoms with E-state index in [0.717, 1.165) is 29.7 Å². The highest BCUT2D eigenvalue weighted by molar-refractivity contribution is 5.92. The molecule has 1 aliphatic rings. The van der Waals surface area contributed by atoms with Crippen molar-refractivity contribution in [3.63, 3.8) is 0 Å². The molecule has 0 unspecified atom stereocenters. The van der Waals surface area contributed by atoms with Gasteiger partial charge in [0.15, 0.2) is 0 Å². The molecule has 3 aromatic rings. The van der Waals surface area contributed by atoms with E-state index in [0.29, 0.717) is 24.7 Å². The molecule has 0 bridgehead atoms. The van der Waals surface area contributed by atoms with E-state index in [1.165, 1.54) is 6.33 Å². The average Bonchev–Trinajstić information content (AvgIpc) is 3.22. The largest absolute Gasteiger partial charge is 0.474 e. The number of hydrogen-bond donors (Lipinski definition) is 1. The number of carbonyl (C=O) groups is 1. The Kier molecular flexibility index (Phi) is 4.62. The summed E-state index contributed by atoms with van der Waals surface area (Å²) in [6.07, 6.45) is 3.17. The standard InChI is InChI=1S/C19H22N6O2/c1-13(2)27-18-15-11-14(3-4-16(15)20-12-21-18)24-7-9-25(10-8-24)19(26)17-5-6-22-23-17/h3-6,11-13H,7-10H2,1-2H3,(H,22,23). The van der Waals surface area contributed by atoms with Crippen molar-refractivity contribution in [2.75, 3.05) is 31.1 Å². The third-order valence-electron chi connectivity index (χ3n) is 4.59. The highest BCUT2D eigenvalue weighted by atomic mass is 16.5. The van der Waals surface area contributed by atoms with Crippen molar-refractivity contribution in [2.24, 2.45) is 0 Å². The zero-order chi connectivity index (χ0) is 18.8. The molecular formula is C19H22N6O2. The van der Waals surface area contributed by atoms with Gasteiger partial charge in [-0.25, -0.2) is 9.97 Å². The summed E-state index contributed by atoms with van der Waals surface area (Å²) in [5.74, 6) is 0.594. The van der Waals surface area contributed by atoms with Gasteiger partial charge in [-0.15, -0.1) is 0 Å². The predicted octanol–water partition coefficient (Wildman–Crippen LogP) is 2.10. The lowest BCUT2D eigenvalue weighted by Gasteiger charge is -2.36. The van der Waals surface area contributed by atoms with Gasteiger partial charge in [-0.1, -0.05) is 0 Å². The Bertz CT molecular complexity index is 933.